The molecule has 0 aromatic heterocycles. The van der Waals surface area contributed by atoms with Gasteiger partial charge in [0.1, 0.15) is 0 Å². The van der Waals surface area contributed by atoms with Crippen molar-refractivity contribution in [3.8, 4) is 0 Å². The molecule has 0 fully saturated rings. The van der Waals surface area contributed by atoms with E-state index < -0.39 is 5.97 Å². The molecule has 0 heterocycles. The third kappa shape index (κ3) is 3.97. The highest BCUT2D eigenvalue weighted by atomic mass is 79.9. The van der Waals surface area contributed by atoms with Crippen LogP contribution in [-0.4, -0.2) is 11.1 Å². The SMILES string of the molecule is CCCCCC(C(=O)O)c1cccc(Br)c1. The van der Waals surface area contributed by atoms with Crippen LogP contribution in [0.15, 0.2) is 28.7 Å². The van der Waals surface area contributed by atoms with Crippen LogP contribution < -0.4 is 0 Å². The maximum atomic E-state index is 11.2. The quantitative estimate of drug-likeness (QED) is 0.795. The fourth-order valence-corrected chi connectivity index (χ4v) is 2.17. The summed E-state index contributed by atoms with van der Waals surface area (Å²) in [6.07, 6.45) is 3.90. The molecule has 0 amide bonds. The largest absolute Gasteiger partial charge is 0.481 e. The first kappa shape index (κ1) is 13.2. The van der Waals surface area contributed by atoms with Gasteiger partial charge in [-0.3, -0.25) is 4.79 Å². The van der Waals surface area contributed by atoms with E-state index in [1.165, 1.54) is 0 Å². The number of carbonyl (C=O) groups is 1. The van der Waals surface area contributed by atoms with Crippen molar-refractivity contribution in [2.24, 2.45) is 0 Å². The highest BCUT2D eigenvalue weighted by Gasteiger charge is 2.19. The molecule has 3 heteroatoms. The van der Waals surface area contributed by atoms with E-state index in [0.717, 1.165) is 35.7 Å². The van der Waals surface area contributed by atoms with Crippen LogP contribution in [0.3, 0.4) is 0 Å². The van der Waals surface area contributed by atoms with Gasteiger partial charge in [-0.2, -0.15) is 0 Å². The minimum absolute atomic E-state index is 0.371. The summed E-state index contributed by atoms with van der Waals surface area (Å²) in [7, 11) is 0. The van der Waals surface area contributed by atoms with Crippen molar-refractivity contribution >= 4 is 21.9 Å². The predicted molar refractivity (Wildman–Crippen MR) is 68.7 cm³/mol. The van der Waals surface area contributed by atoms with Crippen LogP contribution in [0.25, 0.3) is 0 Å². The molecule has 0 saturated heterocycles. The third-order valence-corrected chi connectivity index (χ3v) is 3.14. The monoisotopic (exact) mass is 284 g/mol. The smallest absolute Gasteiger partial charge is 0.310 e. The number of carboxylic acids is 1. The van der Waals surface area contributed by atoms with Gasteiger partial charge in [-0.05, 0) is 24.1 Å². The summed E-state index contributed by atoms with van der Waals surface area (Å²) in [5.74, 6) is -1.10. The van der Waals surface area contributed by atoms with Gasteiger partial charge >= 0.3 is 5.97 Å². The van der Waals surface area contributed by atoms with Gasteiger partial charge in [-0.1, -0.05) is 54.2 Å². The number of rotatable bonds is 6. The van der Waals surface area contributed by atoms with Gasteiger partial charge in [0.05, 0.1) is 5.92 Å². The molecule has 1 unspecified atom stereocenters. The first-order chi connectivity index (χ1) is 7.65. The molecule has 0 aliphatic rings. The maximum absolute atomic E-state index is 11.2. The van der Waals surface area contributed by atoms with Gasteiger partial charge in [0.25, 0.3) is 0 Å². The zero-order chi connectivity index (χ0) is 12.0. The Labute approximate surface area is 105 Å². The van der Waals surface area contributed by atoms with Gasteiger partial charge in [-0.15, -0.1) is 0 Å². The van der Waals surface area contributed by atoms with E-state index in [1.807, 2.05) is 24.3 Å². The molecule has 1 aromatic carbocycles. The Bertz CT molecular complexity index is 350. The Kier molecular flexibility index (Phi) is 5.53. The van der Waals surface area contributed by atoms with Crippen LogP contribution in [0, 0.1) is 0 Å². The molecule has 2 nitrogen and oxygen atoms in total. The molecule has 1 aromatic rings. The second-order valence-electron chi connectivity index (χ2n) is 3.94. The van der Waals surface area contributed by atoms with Crippen LogP contribution in [-0.2, 0) is 4.79 Å². The van der Waals surface area contributed by atoms with E-state index in [4.69, 9.17) is 0 Å². The lowest BCUT2D eigenvalue weighted by Gasteiger charge is -2.12. The van der Waals surface area contributed by atoms with E-state index in [9.17, 15) is 9.90 Å². The Morgan fingerprint density at radius 3 is 2.75 bits per heavy atom. The summed E-state index contributed by atoms with van der Waals surface area (Å²) in [4.78, 5) is 11.2. The van der Waals surface area contributed by atoms with E-state index in [-0.39, 0.29) is 5.92 Å². The highest BCUT2D eigenvalue weighted by Crippen LogP contribution is 2.25. The second kappa shape index (κ2) is 6.69. The van der Waals surface area contributed by atoms with Crippen LogP contribution in [0.2, 0.25) is 0 Å². The highest BCUT2D eigenvalue weighted by molar-refractivity contribution is 9.10. The molecule has 88 valence electrons. The summed E-state index contributed by atoms with van der Waals surface area (Å²) in [5.41, 5.74) is 0.887. The summed E-state index contributed by atoms with van der Waals surface area (Å²) in [6.45, 7) is 2.12. The molecule has 1 rings (SSSR count). The van der Waals surface area contributed by atoms with Gasteiger partial charge in [0.2, 0.25) is 0 Å². The Morgan fingerprint density at radius 2 is 2.19 bits per heavy atom. The molecular weight excluding hydrogens is 268 g/mol. The minimum atomic E-state index is -0.728. The molecular formula is C13H17BrO2. The second-order valence-corrected chi connectivity index (χ2v) is 4.86. The van der Waals surface area contributed by atoms with Crippen molar-refractivity contribution in [1.29, 1.82) is 0 Å². The van der Waals surface area contributed by atoms with Crippen LogP contribution in [0.1, 0.15) is 44.1 Å². The van der Waals surface area contributed by atoms with E-state index in [0.29, 0.717) is 0 Å². The normalized spacial score (nSPS) is 12.4. The summed E-state index contributed by atoms with van der Waals surface area (Å²) in [6, 6.07) is 7.57. The predicted octanol–water partition coefficient (Wildman–Crippen LogP) is 4.20. The number of carboxylic acid groups (broad SMARTS) is 1. The maximum Gasteiger partial charge on any atom is 0.310 e. The van der Waals surface area contributed by atoms with Crippen LogP contribution >= 0.6 is 15.9 Å². The van der Waals surface area contributed by atoms with Crippen molar-refractivity contribution in [3.63, 3.8) is 0 Å². The van der Waals surface area contributed by atoms with E-state index in [1.54, 1.807) is 0 Å². The lowest BCUT2D eigenvalue weighted by atomic mass is 9.93. The molecule has 0 radical (unpaired) electrons. The van der Waals surface area contributed by atoms with Crippen molar-refractivity contribution in [3.05, 3.63) is 34.3 Å². The minimum Gasteiger partial charge on any atom is -0.481 e. The van der Waals surface area contributed by atoms with Gasteiger partial charge in [0.15, 0.2) is 0 Å². The molecule has 0 aliphatic heterocycles. The zero-order valence-electron chi connectivity index (χ0n) is 9.45. The van der Waals surface area contributed by atoms with Crippen molar-refractivity contribution in [1.82, 2.24) is 0 Å². The molecule has 0 spiro atoms. The Morgan fingerprint density at radius 1 is 1.44 bits per heavy atom. The Balaban J connectivity index is 2.73. The molecule has 1 N–H and O–H groups in total. The number of halogens is 1. The molecule has 0 bridgehead atoms. The van der Waals surface area contributed by atoms with E-state index >= 15 is 0 Å². The van der Waals surface area contributed by atoms with Gasteiger partial charge in [-0.25, -0.2) is 0 Å². The van der Waals surface area contributed by atoms with Crippen molar-refractivity contribution < 1.29 is 9.90 Å². The lowest BCUT2D eigenvalue weighted by Crippen LogP contribution is -2.11. The number of aliphatic carboxylic acids is 1. The third-order valence-electron chi connectivity index (χ3n) is 2.65. The average Bonchev–Trinajstić information content (AvgIpc) is 2.24. The zero-order valence-corrected chi connectivity index (χ0v) is 11.0. The fourth-order valence-electron chi connectivity index (χ4n) is 1.75. The fraction of sp³-hybridized carbons (Fsp3) is 0.462. The van der Waals surface area contributed by atoms with E-state index in [2.05, 4.69) is 22.9 Å². The molecule has 1 atom stereocenters. The summed E-state index contributed by atoms with van der Waals surface area (Å²) < 4.78 is 0.937. The number of hydrogen-bond acceptors (Lipinski definition) is 1. The first-order valence-corrected chi connectivity index (χ1v) is 6.42. The molecule has 0 aliphatic carbocycles. The van der Waals surface area contributed by atoms with Gasteiger partial charge in [0, 0.05) is 4.47 Å². The van der Waals surface area contributed by atoms with Crippen molar-refractivity contribution in [2.75, 3.05) is 0 Å². The van der Waals surface area contributed by atoms with Crippen molar-refractivity contribution in [2.45, 2.75) is 38.5 Å². The number of benzene rings is 1. The summed E-state index contributed by atoms with van der Waals surface area (Å²) >= 11 is 3.37. The standard InChI is InChI=1S/C13H17BrO2/c1-2-3-4-8-12(13(15)16)10-6-5-7-11(14)9-10/h5-7,9,12H,2-4,8H2,1H3,(H,15,16). The van der Waals surface area contributed by atoms with Crippen LogP contribution in [0.4, 0.5) is 0 Å². The topological polar surface area (TPSA) is 37.3 Å². The van der Waals surface area contributed by atoms with Crippen LogP contribution in [0.5, 0.6) is 0 Å². The lowest BCUT2D eigenvalue weighted by molar-refractivity contribution is -0.139. The van der Waals surface area contributed by atoms with Gasteiger partial charge < -0.3 is 5.11 Å². The number of hydrogen-bond donors (Lipinski definition) is 1. The number of unbranched alkanes of at least 4 members (excludes halogenated alkanes) is 2. The summed E-state index contributed by atoms with van der Waals surface area (Å²) in [5, 5.41) is 9.20. The first-order valence-electron chi connectivity index (χ1n) is 5.63. The molecule has 0 saturated carbocycles. The average molecular weight is 285 g/mol. The Hall–Kier alpha value is -0.830. The molecule has 16 heavy (non-hydrogen) atoms.